The monoisotopic (exact) mass is 290 g/mol. The molecule has 0 saturated heterocycles. The van der Waals surface area contributed by atoms with Crippen LogP contribution in [0.15, 0.2) is 18.2 Å². The second kappa shape index (κ2) is 3.36. The maximum absolute atomic E-state index is 13.3. The first kappa shape index (κ1) is 9.12. The van der Waals surface area contributed by atoms with Gasteiger partial charge in [-0.3, -0.25) is 4.79 Å². The fourth-order valence-electron chi connectivity index (χ4n) is 1.52. The van der Waals surface area contributed by atoms with Crippen molar-refractivity contribution in [1.29, 1.82) is 0 Å². The molecule has 1 atom stereocenters. The van der Waals surface area contributed by atoms with E-state index in [9.17, 15) is 9.18 Å². The van der Waals surface area contributed by atoms with Crippen molar-refractivity contribution < 1.29 is 9.18 Å². The Bertz CT molecular complexity index is 362. The molecule has 0 amide bonds. The van der Waals surface area contributed by atoms with E-state index in [0.717, 1.165) is 9.99 Å². The Kier molecular flexibility index (Phi) is 2.36. The summed E-state index contributed by atoms with van der Waals surface area (Å²) in [6.07, 6.45) is 1.41. The molecule has 1 nitrogen and oxygen atoms in total. The van der Waals surface area contributed by atoms with Crippen LogP contribution in [0.5, 0.6) is 0 Å². The first-order valence-electron chi connectivity index (χ1n) is 4.16. The van der Waals surface area contributed by atoms with Crippen molar-refractivity contribution in [3.63, 3.8) is 0 Å². The van der Waals surface area contributed by atoms with Crippen LogP contribution in [0.3, 0.4) is 0 Å². The van der Waals surface area contributed by atoms with E-state index in [2.05, 4.69) is 22.6 Å². The Morgan fingerprint density at radius 3 is 2.77 bits per heavy atom. The molecule has 13 heavy (non-hydrogen) atoms. The lowest BCUT2D eigenvalue weighted by Gasteiger charge is -2.24. The second-order valence-electron chi connectivity index (χ2n) is 3.22. The normalized spacial score (nSPS) is 21.4. The van der Waals surface area contributed by atoms with Crippen molar-refractivity contribution >= 4 is 28.4 Å². The maximum Gasteiger partial charge on any atom is 0.140 e. The lowest BCUT2D eigenvalue weighted by Crippen LogP contribution is -2.24. The van der Waals surface area contributed by atoms with E-state index in [1.807, 2.05) is 0 Å². The zero-order chi connectivity index (χ0) is 9.42. The molecule has 3 heteroatoms. The van der Waals surface area contributed by atoms with Crippen LogP contribution in [0.2, 0.25) is 0 Å². The molecule has 1 saturated carbocycles. The first-order chi connectivity index (χ1) is 6.18. The topological polar surface area (TPSA) is 17.1 Å². The summed E-state index contributed by atoms with van der Waals surface area (Å²) in [7, 11) is 0. The molecule has 2 rings (SSSR count). The van der Waals surface area contributed by atoms with Gasteiger partial charge >= 0.3 is 0 Å². The highest BCUT2D eigenvalue weighted by molar-refractivity contribution is 14.1. The van der Waals surface area contributed by atoms with E-state index < -0.39 is 0 Å². The summed E-state index contributed by atoms with van der Waals surface area (Å²) in [6, 6.07) is 4.91. The number of hydrogen-bond donors (Lipinski definition) is 0. The van der Waals surface area contributed by atoms with Gasteiger partial charge in [0.25, 0.3) is 0 Å². The fraction of sp³-hybridized carbons (Fsp3) is 0.300. The summed E-state index contributed by atoms with van der Waals surface area (Å²) >= 11 is 2.12. The zero-order valence-electron chi connectivity index (χ0n) is 6.89. The number of carbonyl (C=O) groups excluding carboxylic acids is 1. The van der Waals surface area contributed by atoms with E-state index in [1.54, 1.807) is 12.1 Å². The summed E-state index contributed by atoms with van der Waals surface area (Å²) in [5.74, 6) is -0.255. The molecule has 1 unspecified atom stereocenters. The van der Waals surface area contributed by atoms with Gasteiger partial charge in [-0.15, -0.1) is 0 Å². The van der Waals surface area contributed by atoms with Crippen LogP contribution in [0.4, 0.5) is 4.39 Å². The molecule has 68 valence electrons. The standard InChI is InChI=1S/C10H8FIO/c11-9-3-1-6(12)5-8(9)7-2-4-10(7)13/h1,3,5,7H,2,4H2. The molecule has 0 aliphatic heterocycles. The van der Waals surface area contributed by atoms with Crippen LogP contribution in [0.1, 0.15) is 24.3 Å². The predicted molar refractivity (Wildman–Crippen MR) is 56.1 cm³/mol. The molecule has 1 aromatic carbocycles. The molecule has 0 aromatic heterocycles. The number of ketones is 1. The highest BCUT2D eigenvalue weighted by atomic mass is 127. The Hall–Kier alpha value is -0.450. The minimum atomic E-state index is -0.251. The molecule has 1 fully saturated rings. The maximum atomic E-state index is 13.3. The van der Waals surface area contributed by atoms with Crippen molar-refractivity contribution in [2.24, 2.45) is 0 Å². The number of Topliss-reactive ketones (excluding diaryl/α,β-unsaturated/α-hetero) is 1. The quantitative estimate of drug-likeness (QED) is 0.727. The average Bonchev–Trinajstić information content (AvgIpc) is 2.09. The zero-order valence-corrected chi connectivity index (χ0v) is 9.05. The molecule has 1 aromatic rings. The van der Waals surface area contributed by atoms with Crippen molar-refractivity contribution in [1.82, 2.24) is 0 Å². The summed E-state index contributed by atoms with van der Waals surface area (Å²) < 4.78 is 14.2. The van der Waals surface area contributed by atoms with Crippen molar-refractivity contribution in [3.8, 4) is 0 Å². The van der Waals surface area contributed by atoms with Crippen molar-refractivity contribution in [3.05, 3.63) is 33.1 Å². The number of hydrogen-bond acceptors (Lipinski definition) is 1. The van der Waals surface area contributed by atoms with Crippen LogP contribution in [-0.2, 0) is 4.79 Å². The molecule has 0 heterocycles. The summed E-state index contributed by atoms with van der Waals surface area (Å²) in [6.45, 7) is 0. The van der Waals surface area contributed by atoms with Gasteiger partial charge in [0.05, 0.1) is 0 Å². The van der Waals surface area contributed by atoms with Gasteiger partial charge in [0.2, 0.25) is 0 Å². The van der Waals surface area contributed by atoms with Crippen LogP contribution in [0.25, 0.3) is 0 Å². The molecule has 1 aliphatic rings. The molecule has 0 spiro atoms. The van der Waals surface area contributed by atoms with Gasteiger partial charge in [-0.1, -0.05) is 0 Å². The summed E-state index contributed by atoms with van der Waals surface area (Å²) in [5, 5.41) is 0. The van der Waals surface area contributed by atoms with Gasteiger partial charge in [-0.05, 0) is 52.8 Å². The highest BCUT2D eigenvalue weighted by Crippen LogP contribution is 2.34. The third-order valence-corrected chi connectivity index (χ3v) is 3.07. The van der Waals surface area contributed by atoms with Gasteiger partial charge < -0.3 is 0 Å². The number of carbonyl (C=O) groups is 1. The first-order valence-corrected chi connectivity index (χ1v) is 5.24. The van der Waals surface area contributed by atoms with Gasteiger partial charge in [0, 0.05) is 15.9 Å². The third kappa shape index (κ3) is 1.61. The molecular formula is C10H8FIO. The Labute approximate surface area is 89.5 Å². The highest BCUT2D eigenvalue weighted by Gasteiger charge is 2.31. The Morgan fingerprint density at radius 2 is 2.23 bits per heavy atom. The van der Waals surface area contributed by atoms with Crippen molar-refractivity contribution in [2.45, 2.75) is 18.8 Å². The minimum absolute atomic E-state index is 0.168. The summed E-state index contributed by atoms with van der Waals surface area (Å²) in [4.78, 5) is 11.1. The lowest BCUT2D eigenvalue weighted by molar-refractivity contribution is -0.125. The number of benzene rings is 1. The van der Waals surface area contributed by atoms with Gasteiger partial charge in [0.1, 0.15) is 11.6 Å². The van der Waals surface area contributed by atoms with Gasteiger partial charge in [0.15, 0.2) is 0 Å². The molecule has 0 radical (unpaired) electrons. The number of rotatable bonds is 1. The molecule has 0 N–H and O–H groups in total. The SMILES string of the molecule is O=C1CCC1c1cc(I)ccc1F. The molecule has 0 bridgehead atoms. The van der Waals surface area contributed by atoms with Crippen LogP contribution < -0.4 is 0 Å². The van der Waals surface area contributed by atoms with E-state index in [4.69, 9.17) is 0 Å². The van der Waals surface area contributed by atoms with Crippen LogP contribution >= 0.6 is 22.6 Å². The smallest absolute Gasteiger partial charge is 0.140 e. The number of halogens is 2. The largest absolute Gasteiger partial charge is 0.299 e. The lowest BCUT2D eigenvalue weighted by atomic mass is 9.78. The van der Waals surface area contributed by atoms with Gasteiger partial charge in [-0.25, -0.2) is 4.39 Å². The second-order valence-corrected chi connectivity index (χ2v) is 4.47. The minimum Gasteiger partial charge on any atom is -0.299 e. The van der Waals surface area contributed by atoms with E-state index >= 15 is 0 Å². The molecular weight excluding hydrogens is 282 g/mol. The average molecular weight is 290 g/mol. The van der Waals surface area contributed by atoms with Crippen molar-refractivity contribution in [2.75, 3.05) is 0 Å². The van der Waals surface area contributed by atoms with Crippen LogP contribution in [-0.4, -0.2) is 5.78 Å². The van der Waals surface area contributed by atoms with E-state index in [1.165, 1.54) is 6.07 Å². The third-order valence-electron chi connectivity index (χ3n) is 2.40. The predicted octanol–water partition coefficient (Wildman–Crippen LogP) is 2.88. The Balaban J connectivity index is 2.38. The van der Waals surface area contributed by atoms with E-state index in [-0.39, 0.29) is 17.5 Å². The van der Waals surface area contributed by atoms with E-state index in [0.29, 0.717) is 12.0 Å². The van der Waals surface area contributed by atoms with Gasteiger partial charge in [-0.2, -0.15) is 0 Å². The molecule has 1 aliphatic carbocycles. The van der Waals surface area contributed by atoms with Crippen LogP contribution in [0, 0.1) is 9.39 Å². The Morgan fingerprint density at radius 1 is 1.46 bits per heavy atom. The fourth-order valence-corrected chi connectivity index (χ4v) is 2.03. The summed E-state index contributed by atoms with van der Waals surface area (Å²) in [5.41, 5.74) is 0.572.